The van der Waals surface area contributed by atoms with Crippen LogP contribution in [0.5, 0.6) is 0 Å². The standard InChI is InChI=1S/C14H24N2/c1-2-3-5-10-14(16-15)12-11-13-8-6-4-7-9-13/h4,6-9,14,16H,2-3,5,10-12,15H2,1H3. The maximum absolute atomic E-state index is 5.57. The Balaban J connectivity index is 2.23. The molecule has 1 atom stereocenters. The van der Waals surface area contributed by atoms with Gasteiger partial charge in [0.05, 0.1) is 0 Å². The molecule has 0 saturated carbocycles. The molecule has 0 bridgehead atoms. The molecule has 0 heterocycles. The van der Waals surface area contributed by atoms with E-state index >= 15 is 0 Å². The predicted octanol–water partition coefficient (Wildman–Crippen LogP) is 3.03. The Morgan fingerprint density at radius 1 is 1.12 bits per heavy atom. The molecule has 1 aromatic carbocycles. The molecule has 16 heavy (non-hydrogen) atoms. The molecule has 0 saturated heterocycles. The van der Waals surface area contributed by atoms with Gasteiger partial charge in [0.25, 0.3) is 0 Å². The van der Waals surface area contributed by atoms with Crippen molar-refractivity contribution in [1.29, 1.82) is 0 Å². The Hall–Kier alpha value is -0.860. The molecule has 0 radical (unpaired) electrons. The highest BCUT2D eigenvalue weighted by Gasteiger charge is 2.05. The highest BCUT2D eigenvalue weighted by molar-refractivity contribution is 5.14. The molecule has 0 amide bonds. The summed E-state index contributed by atoms with van der Waals surface area (Å²) in [5.74, 6) is 5.57. The smallest absolute Gasteiger partial charge is 0.0213 e. The normalized spacial score (nSPS) is 12.6. The molecule has 0 aliphatic rings. The average Bonchev–Trinajstić information content (AvgIpc) is 2.35. The third-order valence-corrected chi connectivity index (χ3v) is 3.02. The van der Waals surface area contributed by atoms with Gasteiger partial charge in [-0.1, -0.05) is 56.5 Å². The van der Waals surface area contributed by atoms with Crippen molar-refractivity contribution in [2.75, 3.05) is 0 Å². The van der Waals surface area contributed by atoms with Gasteiger partial charge in [0.2, 0.25) is 0 Å². The SMILES string of the molecule is CCCCCC(CCc1ccccc1)NN. The van der Waals surface area contributed by atoms with E-state index in [4.69, 9.17) is 5.84 Å². The predicted molar refractivity (Wildman–Crippen MR) is 70.0 cm³/mol. The van der Waals surface area contributed by atoms with E-state index in [1.54, 1.807) is 0 Å². The molecule has 90 valence electrons. The van der Waals surface area contributed by atoms with Gasteiger partial charge in [-0.15, -0.1) is 0 Å². The van der Waals surface area contributed by atoms with Crippen LogP contribution in [0.3, 0.4) is 0 Å². The van der Waals surface area contributed by atoms with Crippen molar-refractivity contribution >= 4 is 0 Å². The average molecular weight is 220 g/mol. The minimum Gasteiger partial charge on any atom is -0.271 e. The van der Waals surface area contributed by atoms with Crippen molar-refractivity contribution in [3.05, 3.63) is 35.9 Å². The minimum absolute atomic E-state index is 0.465. The first-order valence-corrected chi connectivity index (χ1v) is 6.37. The summed E-state index contributed by atoms with van der Waals surface area (Å²) in [6.45, 7) is 2.23. The zero-order valence-electron chi connectivity index (χ0n) is 10.3. The van der Waals surface area contributed by atoms with Crippen LogP contribution in [-0.4, -0.2) is 6.04 Å². The lowest BCUT2D eigenvalue weighted by molar-refractivity contribution is 0.444. The van der Waals surface area contributed by atoms with E-state index in [0.717, 1.165) is 12.8 Å². The lowest BCUT2D eigenvalue weighted by atomic mass is 10.0. The summed E-state index contributed by atoms with van der Waals surface area (Å²) < 4.78 is 0. The van der Waals surface area contributed by atoms with E-state index in [1.807, 2.05) is 0 Å². The molecule has 0 spiro atoms. The number of hydrogen-bond donors (Lipinski definition) is 2. The first-order valence-electron chi connectivity index (χ1n) is 6.37. The maximum Gasteiger partial charge on any atom is 0.0213 e. The Bertz CT molecular complexity index is 259. The summed E-state index contributed by atoms with van der Waals surface area (Å²) in [6.07, 6.45) is 7.29. The second-order valence-corrected chi connectivity index (χ2v) is 4.38. The number of hydrogen-bond acceptors (Lipinski definition) is 2. The Labute approximate surface area is 99.2 Å². The summed E-state index contributed by atoms with van der Waals surface area (Å²) in [5.41, 5.74) is 4.33. The first kappa shape index (κ1) is 13.2. The summed E-state index contributed by atoms with van der Waals surface area (Å²) in [4.78, 5) is 0. The molecule has 0 aliphatic carbocycles. The van der Waals surface area contributed by atoms with E-state index in [-0.39, 0.29) is 0 Å². The van der Waals surface area contributed by atoms with Crippen molar-refractivity contribution < 1.29 is 0 Å². The monoisotopic (exact) mass is 220 g/mol. The Kier molecular flexibility index (Phi) is 6.86. The van der Waals surface area contributed by atoms with Gasteiger partial charge in [-0.2, -0.15) is 0 Å². The summed E-state index contributed by atoms with van der Waals surface area (Å²) in [5, 5.41) is 0. The summed E-state index contributed by atoms with van der Waals surface area (Å²) in [6, 6.07) is 11.1. The molecule has 2 nitrogen and oxygen atoms in total. The molecule has 0 aliphatic heterocycles. The van der Waals surface area contributed by atoms with E-state index < -0.39 is 0 Å². The molecule has 1 aromatic rings. The zero-order chi connectivity index (χ0) is 11.6. The van der Waals surface area contributed by atoms with Gasteiger partial charge in [0.15, 0.2) is 0 Å². The fourth-order valence-electron chi connectivity index (χ4n) is 1.94. The largest absolute Gasteiger partial charge is 0.271 e. The lowest BCUT2D eigenvalue weighted by Crippen LogP contribution is -2.35. The van der Waals surface area contributed by atoms with E-state index in [2.05, 4.69) is 42.7 Å². The third-order valence-electron chi connectivity index (χ3n) is 3.02. The fraction of sp³-hybridized carbons (Fsp3) is 0.571. The van der Waals surface area contributed by atoms with Crippen LogP contribution in [-0.2, 0) is 6.42 Å². The number of hydrazine groups is 1. The molecule has 3 N–H and O–H groups in total. The maximum atomic E-state index is 5.57. The van der Waals surface area contributed by atoms with Crippen molar-refractivity contribution in [2.24, 2.45) is 5.84 Å². The van der Waals surface area contributed by atoms with Crippen molar-refractivity contribution in [1.82, 2.24) is 5.43 Å². The van der Waals surface area contributed by atoms with Crippen LogP contribution in [0.15, 0.2) is 30.3 Å². The Morgan fingerprint density at radius 2 is 1.88 bits per heavy atom. The van der Waals surface area contributed by atoms with Crippen LogP contribution in [0.25, 0.3) is 0 Å². The molecule has 0 aromatic heterocycles. The van der Waals surface area contributed by atoms with Gasteiger partial charge in [-0.05, 0) is 24.8 Å². The number of nitrogens with one attached hydrogen (secondary N) is 1. The molecule has 0 fully saturated rings. The van der Waals surface area contributed by atoms with E-state index in [1.165, 1.54) is 31.2 Å². The van der Waals surface area contributed by atoms with Crippen LogP contribution in [0.1, 0.15) is 44.6 Å². The van der Waals surface area contributed by atoms with Gasteiger partial charge < -0.3 is 0 Å². The minimum atomic E-state index is 0.465. The zero-order valence-corrected chi connectivity index (χ0v) is 10.3. The molecular formula is C14H24N2. The second kappa shape index (κ2) is 8.31. The molecular weight excluding hydrogens is 196 g/mol. The van der Waals surface area contributed by atoms with Gasteiger partial charge in [-0.25, -0.2) is 0 Å². The lowest BCUT2D eigenvalue weighted by Gasteiger charge is -2.15. The number of aryl methyl sites for hydroxylation is 1. The van der Waals surface area contributed by atoms with Crippen LogP contribution < -0.4 is 11.3 Å². The van der Waals surface area contributed by atoms with Crippen molar-refractivity contribution in [3.8, 4) is 0 Å². The van der Waals surface area contributed by atoms with Crippen LogP contribution in [0.2, 0.25) is 0 Å². The number of rotatable bonds is 8. The summed E-state index contributed by atoms with van der Waals surface area (Å²) >= 11 is 0. The van der Waals surface area contributed by atoms with Crippen molar-refractivity contribution in [3.63, 3.8) is 0 Å². The topological polar surface area (TPSA) is 38.0 Å². The second-order valence-electron chi connectivity index (χ2n) is 4.38. The van der Waals surface area contributed by atoms with Gasteiger partial charge in [0.1, 0.15) is 0 Å². The van der Waals surface area contributed by atoms with Crippen LogP contribution in [0, 0.1) is 0 Å². The van der Waals surface area contributed by atoms with Gasteiger partial charge in [0, 0.05) is 6.04 Å². The van der Waals surface area contributed by atoms with Crippen molar-refractivity contribution in [2.45, 2.75) is 51.5 Å². The molecule has 2 heteroatoms. The van der Waals surface area contributed by atoms with E-state index in [0.29, 0.717) is 6.04 Å². The highest BCUT2D eigenvalue weighted by Crippen LogP contribution is 2.10. The summed E-state index contributed by atoms with van der Waals surface area (Å²) in [7, 11) is 0. The van der Waals surface area contributed by atoms with Crippen LogP contribution >= 0.6 is 0 Å². The quantitative estimate of drug-likeness (QED) is 0.401. The third kappa shape index (κ3) is 5.29. The number of benzene rings is 1. The first-order chi connectivity index (χ1) is 7.86. The molecule has 1 rings (SSSR count). The molecule has 1 unspecified atom stereocenters. The fourth-order valence-corrected chi connectivity index (χ4v) is 1.94. The van der Waals surface area contributed by atoms with Gasteiger partial charge >= 0.3 is 0 Å². The Morgan fingerprint density at radius 3 is 2.50 bits per heavy atom. The number of unbranched alkanes of at least 4 members (excludes halogenated alkanes) is 2. The highest BCUT2D eigenvalue weighted by atomic mass is 15.2. The van der Waals surface area contributed by atoms with Crippen LogP contribution in [0.4, 0.5) is 0 Å². The van der Waals surface area contributed by atoms with Gasteiger partial charge in [-0.3, -0.25) is 11.3 Å². The van der Waals surface area contributed by atoms with E-state index in [9.17, 15) is 0 Å². The number of nitrogens with two attached hydrogens (primary N) is 1.